The third kappa shape index (κ3) is 3.67. The predicted octanol–water partition coefficient (Wildman–Crippen LogP) is 2.79. The van der Waals surface area contributed by atoms with Crippen LogP contribution in [0.5, 0.6) is 0 Å². The molecular weight excluding hydrogens is 328 g/mol. The normalized spacial score (nSPS) is 22.5. The topological polar surface area (TPSA) is 66.5 Å². The van der Waals surface area contributed by atoms with E-state index in [4.69, 9.17) is 0 Å². The molecule has 3 rings (SSSR count). The molecule has 2 fully saturated rings. The lowest BCUT2D eigenvalue weighted by Gasteiger charge is -2.19. The smallest absolute Gasteiger partial charge is 0.233 e. The Morgan fingerprint density at radius 3 is 2.12 bits per heavy atom. The highest BCUT2D eigenvalue weighted by molar-refractivity contribution is 6.05. The summed E-state index contributed by atoms with van der Waals surface area (Å²) < 4.78 is 0. The van der Waals surface area contributed by atoms with Gasteiger partial charge in [-0.1, -0.05) is 30.5 Å². The van der Waals surface area contributed by atoms with E-state index in [1.165, 1.54) is 10.5 Å². The maximum absolute atomic E-state index is 12.4. The highest BCUT2D eigenvalue weighted by Gasteiger charge is 2.47. The van der Waals surface area contributed by atoms with Gasteiger partial charge in [0.25, 0.3) is 0 Å². The predicted molar refractivity (Wildman–Crippen MR) is 99.3 cm³/mol. The molecule has 1 aliphatic carbocycles. The van der Waals surface area contributed by atoms with Gasteiger partial charge in [0.1, 0.15) is 0 Å². The second-order valence-corrected chi connectivity index (χ2v) is 7.73. The first kappa shape index (κ1) is 18.6. The molecule has 3 amide bonds. The summed E-state index contributed by atoms with van der Waals surface area (Å²) in [6.07, 6.45) is 3.82. The molecule has 0 spiro atoms. The van der Waals surface area contributed by atoms with Crippen LogP contribution in [0.25, 0.3) is 0 Å². The lowest BCUT2D eigenvalue weighted by atomic mass is 9.81. The van der Waals surface area contributed by atoms with E-state index >= 15 is 0 Å². The van der Waals surface area contributed by atoms with E-state index in [0.717, 1.165) is 42.4 Å². The largest absolute Gasteiger partial charge is 0.352 e. The number of nitrogens with one attached hydrogen (secondary N) is 1. The van der Waals surface area contributed by atoms with Crippen LogP contribution in [0.1, 0.15) is 54.4 Å². The molecule has 1 heterocycles. The number of benzene rings is 1. The third-order valence-corrected chi connectivity index (χ3v) is 5.80. The van der Waals surface area contributed by atoms with E-state index in [2.05, 4.69) is 24.4 Å². The average Bonchev–Trinajstić information content (AvgIpc) is 2.83. The minimum atomic E-state index is -0.142. The van der Waals surface area contributed by atoms with Crippen molar-refractivity contribution >= 4 is 17.7 Å². The third-order valence-electron chi connectivity index (χ3n) is 5.80. The Kier molecular flexibility index (Phi) is 5.44. The van der Waals surface area contributed by atoms with Crippen molar-refractivity contribution in [3.8, 4) is 0 Å². The number of carbonyl (C=O) groups excluding carboxylic acids is 3. The Hall–Kier alpha value is -2.17. The number of aryl methyl sites for hydroxylation is 3. The van der Waals surface area contributed by atoms with Crippen molar-refractivity contribution in [3.63, 3.8) is 0 Å². The zero-order chi connectivity index (χ0) is 18.8. The van der Waals surface area contributed by atoms with Crippen molar-refractivity contribution in [3.05, 3.63) is 34.4 Å². The zero-order valence-electron chi connectivity index (χ0n) is 15.9. The van der Waals surface area contributed by atoms with Crippen LogP contribution in [0.15, 0.2) is 12.1 Å². The first-order chi connectivity index (χ1) is 12.4. The molecule has 0 aromatic heterocycles. The summed E-state index contributed by atoms with van der Waals surface area (Å²) in [6.45, 7) is 6.83. The first-order valence-electron chi connectivity index (χ1n) is 9.57. The van der Waals surface area contributed by atoms with Gasteiger partial charge in [0.15, 0.2) is 0 Å². The Balaban J connectivity index is 1.53. The highest BCUT2D eigenvalue weighted by atomic mass is 16.2. The van der Waals surface area contributed by atoms with Gasteiger partial charge < -0.3 is 5.32 Å². The van der Waals surface area contributed by atoms with Gasteiger partial charge in [0.2, 0.25) is 17.7 Å². The van der Waals surface area contributed by atoms with E-state index in [1.807, 2.05) is 13.8 Å². The summed E-state index contributed by atoms with van der Waals surface area (Å²) in [5.74, 6) is -0.551. The molecule has 0 bridgehead atoms. The Morgan fingerprint density at radius 1 is 1.04 bits per heavy atom. The van der Waals surface area contributed by atoms with Gasteiger partial charge in [-0.25, -0.2) is 0 Å². The van der Waals surface area contributed by atoms with Gasteiger partial charge in [-0.15, -0.1) is 0 Å². The molecule has 0 radical (unpaired) electrons. The maximum Gasteiger partial charge on any atom is 0.233 e. The average molecular weight is 356 g/mol. The Labute approximate surface area is 155 Å². The van der Waals surface area contributed by atoms with Crippen molar-refractivity contribution in [2.45, 2.75) is 59.4 Å². The van der Waals surface area contributed by atoms with Crippen LogP contribution < -0.4 is 5.32 Å². The van der Waals surface area contributed by atoms with Gasteiger partial charge in [0.05, 0.1) is 11.8 Å². The number of nitrogens with zero attached hydrogens (tertiary/aromatic N) is 1. The maximum atomic E-state index is 12.4. The molecule has 1 N–H and O–H groups in total. The Bertz CT molecular complexity index is 694. The monoisotopic (exact) mass is 356 g/mol. The van der Waals surface area contributed by atoms with Gasteiger partial charge in [-0.05, 0) is 50.3 Å². The van der Waals surface area contributed by atoms with Crippen LogP contribution in [-0.4, -0.2) is 29.2 Å². The summed E-state index contributed by atoms with van der Waals surface area (Å²) in [5, 5.41) is 2.93. The van der Waals surface area contributed by atoms with Crippen LogP contribution >= 0.6 is 0 Å². The molecule has 1 saturated carbocycles. The molecule has 5 nitrogen and oxygen atoms in total. The standard InChI is InChI=1S/C21H28N2O3/c1-13-10-14(2)18(15(3)11-13)12-22-19(24)8-9-23-20(25)16-6-4-5-7-17(16)21(23)26/h10-11,16-17H,4-9,12H2,1-3H3,(H,22,24). The lowest BCUT2D eigenvalue weighted by molar-refractivity contribution is -0.140. The van der Waals surface area contributed by atoms with Crippen molar-refractivity contribution in [2.24, 2.45) is 11.8 Å². The second-order valence-electron chi connectivity index (χ2n) is 7.73. The molecule has 1 aliphatic heterocycles. The van der Waals surface area contributed by atoms with Crippen molar-refractivity contribution in [1.29, 1.82) is 0 Å². The number of hydrogen-bond acceptors (Lipinski definition) is 3. The van der Waals surface area contributed by atoms with E-state index in [1.54, 1.807) is 0 Å². The fraction of sp³-hybridized carbons (Fsp3) is 0.571. The number of rotatable bonds is 5. The van der Waals surface area contributed by atoms with Crippen LogP contribution in [0.3, 0.4) is 0 Å². The molecule has 2 unspecified atom stereocenters. The minimum absolute atomic E-state index is 0.0716. The number of fused-ring (bicyclic) bond motifs is 1. The molecule has 1 aromatic rings. The molecule has 1 aromatic carbocycles. The summed E-state index contributed by atoms with van der Waals surface area (Å²) in [6, 6.07) is 4.22. The van der Waals surface area contributed by atoms with Gasteiger partial charge in [-0.3, -0.25) is 19.3 Å². The van der Waals surface area contributed by atoms with Crippen molar-refractivity contribution in [1.82, 2.24) is 10.2 Å². The number of carbonyl (C=O) groups is 3. The number of hydrogen-bond donors (Lipinski definition) is 1. The van der Waals surface area contributed by atoms with E-state index in [0.29, 0.717) is 6.54 Å². The lowest BCUT2D eigenvalue weighted by Crippen LogP contribution is -2.35. The molecule has 2 aliphatic rings. The summed E-state index contributed by atoms with van der Waals surface area (Å²) in [7, 11) is 0. The van der Waals surface area contributed by atoms with E-state index < -0.39 is 0 Å². The molecule has 140 valence electrons. The van der Waals surface area contributed by atoms with Gasteiger partial charge in [-0.2, -0.15) is 0 Å². The van der Waals surface area contributed by atoms with E-state index in [-0.39, 0.29) is 42.5 Å². The molecule has 2 atom stereocenters. The SMILES string of the molecule is Cc1cc(C)c(CNC(=O)CCN2C(=O)C3CCCCC3C2=O)c(C)c1. The molecular formula is C21H28N2O3. The highest BCUT2D eigenvalue weighted by Crippen LogP contribution is 2.37. The number of amides is 3. The van der Waals surface area contributed by atoms with Gasteiger partial charge >= 0.3 is 0 Å². The van der Waals surface area contributed by atoms with Crippen LogP contribution in [0, 0.1) is 32.6 Å². The first-order valence-corrected chi connectivity index (χ1v) is 9.57. The van der Waals surface area contributed by atoms with E-state index in [9.17, 15) is 14.4 Å². The molecule has 26 heavy (non-hydrogen) atoms. The van der Waals surface area contributed by atoms with Crippen LogP contribution in [-0.2, 0) is 20.9 Å². The van der Waals surface area contributed by atoms with Crippen LogP contribution in [0.2, 0.25) is 0 Å². The quantitative estimate of drug-likeness (QED) is 0.825. The number of likely N-dealkylation sites (tertiary alicyclic amines) is 1. The van der Waals surface area contributed by atoms with Crippen molar-refractivity contribution < 1.29 is 14.4 Å². The second kappa shape index (κ2) is 7.60. The Morgan fingerprint density at radius 2 is 1.58 bits per heavy atom. The molecule has 1 saturated heterocycles. The fourth-order valence-corrected chi connectivity index (χ4v) is 4.43. The summed E-state index contributed by atoms with van der Waals surface area (Å²) >= 11 is 0. The van der Waals surface area contributed by atoms with Crippen molar-refractivity contribution in [2.75, 3.05) is 6.54 Å². The minimum Gasteiger partial charge on any atom is -0.352 e. The fourth-order valence-electron chi connectivity index (χ4n) is 4.43. The summed E-state index contributed by atoms with van der Waals surface area (Å²) in [4.78, 5) is 38.4. The zero-order valence-corrected chi connectivity index (χ0v) is 15.9. The van der Waals surface area contributed by atoms with Crippen LogP contribution in [0.4, 0.5) is 0 Å². The van der Waals surface area contributed by atoms with Gasteiger partial charge in [0, 0.05) is 19.5 Å². The summed E-state index contributed by atoms with van der Waals surface area (Å²) in [5.41, 5.74) is 4.67. The molecule has 5 heteroatoms. The number of imide groups is 1.